The standard InChI is InChI=1S/C17H22BrFN4S.HI/c1-12-11-23-16(24-12)7-9-22-17(20-2)21-8-3-4-13-5-6-14(18)10-15(13)19;/h5-6,10-11H,3-4,7-9H2,1-2H3,(H2,20,21,22);1H. The van der Waals surface area contributed by atoms with E-state index in [1.807, 2.05) is 18.3 Å². The molecule has 2 N–H and O–H groups in total. The molecule has 0 unspecified atom stereocenters. The first-order valence-corrected chi connectivity index (χ1v) is 9.49. The minimum Gasteiger partial charge on any atom is -0.356 e. The number of halogens is 3. The normalized spacial score (nSPS) is 11.1. The van der Waals surface area contributed by atoms with Crippen LogP contribution in [0.15, 0.2) is 33.9 Å². The van der Waals surface area contributed by atoms with Gasteiger partial charge in [0.05, 0.1) is 5.01 Å². The van der Waals surface area contributed by atoms with E-state index in [1.165, 1.54) is 10.9 Å². The van der Waals surface area contributed by atoms with Crippen LogP contribution in [-0.4, -0.2) is 31.1 Å². The Morgan fingerprint density at radius 1 is 1.28 bits per heavy atom. The molecule has 1 aromatic heterocycles. The third kappa shape index (κ3) is 8.00. The van der Waals surface area contributed by atoms with E-state index in [9.17, 15) is 4.39 Å². The van der Waals surface area contributed by atoms with Crippen molar-refractivity contribution in [1.29, 1.82) is 0 Å². The van der Waals surface area contributed by atoms with Crippen molar-refractivity contribution < 1.29 is 4.39 Å². The fraction of sp³-hybridized carbons (Fsp3) is 0.412. The average Bonchev–Trinajstić information content (AvgIpc) is 2.96. The number of rotatable bonds is 7. The maximum atomic E-state index is 13.7. The largest absolute Gasteiger partial charge is 0.356 e. The molecule has 25 heavy (non-hydrogen) atoms. The Morgan fingerprint density at radius 2 is 2.04 bits per heavy atom. The molecule has 0 aliphatic rings. The van der Waals surface area contributed by atoms with Crippen LogP contribution in [0, 0.1) is 12.7 Å². The summed E-state index contributed by atoms with van der Waals surface area (Å²) in [5.74, 6) is 0.602. The van der Waals surface area contributed by atoms with E-state index in [0.29, 0.717) is 6.42 Å². The van der Waals surface area contributed by atoms with Gasteiger partial charge in [0.1, 0.15) is 5.82 Å². The topological polar surface area (TPSA) is 49.3 Å². The molecule has 1 aromatic carbocycles. The van der Waals surface area contributed by atoms with Gasteiger partial charge in [-0.25, -0.2) is 9.37 Å². The summed E-state index contributed by atoms with van der Waals surface area (Å²) in [6, 6.07) is 5.19. The summed E-state index contributed by atoms with van der Waals surface area (Å²) in [7, 11) is 1.75. The van der Waals surface area contributed by atoms with Crippen molar-refractivity contribution in [1.82, 2.24) is 15.6 Å². The predicted octanol–water partition coefficient (Wildman–Crippen LogP) is 4.31. The van der Waals surface area contributed by atoms with Crippen LogP contribution in [0.25, 0.3) is 0 Å². The van der Waals surface area contributed by atoms with Crippen molar-refractivity contribution >= 4 is 57.2 Å². The maximum Gasteiger partial charge on any atom is 0.190 e. The van der Waals surface area contributed by atoms with E-state index in [1.54, 1.807) is 18.4 Å². The average molecular weight is 541 g/mol. The van der Waals surface area contributed by atoms with Crippen molar-refractivity contribution in [3.05, 3.63) is 50.1 Å². The molecule has 0 spiro atoms. The van der Waals surface area contributed by atoms with Gasteiger partial charge in [0.15, 0.2) is 5.96 Å². The summed E-state index contributed by atoms with van der Waals surface area (Å²) in [5.41, 5.74) is 0.738. The lowest BCUT2D eigenvalue weighted by atomic mass is 10.1. The van der Waals surface area contributed by atoms with Crippen molar-refractivity contribution in [3.63, 3.8) is 0 Å². The number of benzene rings is 1. The number of nitrogens with zero attached hydrogens (tertiary/aromatic N) is 2. The van der Waals surface area contributed by atoms with Crippen LogP contribution >= 0.6 is 51.2 Å². The number of aromatic nitrogens is 1. The first-order valence-electron chi connectivity index (χ1n) is 7.88. The van der Waals surface area contributed by atoms with E-state index in [0.717, 1.165) is 46.9 Å². The van der Waals surface area contributed by atoms with Crippen molar-refractivity contribution in [2.24, 2.45) is 4.99 Å². The smallest absolute Gasteiger partial charge is 0.190 e. The Bertz CT molecular complexity index is 693. The molecule has 0 fully saturated rings. The highest BCUT2D eigenvalue weighted by molar-refractivity contribution is 14.0. The molecule has 0 saturated heterocycles. The second-order valence-corrected chi connectivity index (χ2v) is 7.61. The van der Waals surface area contributed by atoms with Gasteiger partial charge in [-0.1, -0.05) is 22.0 Å². The van der Waals surface area contributed by atoms with Crippen LogP contribution in [0.1, 0.15) is 21.9 Å². The Labute approximate surface area is 177 Å². The molecule has 8 heteroatoms. The van der Waals surface area contributed by atoms with Gasteiger partial charge in [-0.05, 0) is 37.5 Å². The highest BCUT2D eigenvalue weighted by atomic mass is 127. The van der Waals surface area contributed by atoms with E-state index < -0.39 is 0 Å². The Morgan fingerprint density at radius 3 is 2.68 bits per heavy atom. The quantitative estimate of drug-likeness (QED) is 0.238. The van der Waals surface area contributed by atoms with Gasteiger partial charge in [0.25, 0.3) is 0 Å². The molecule has 1 heterocycles. The molecule has 0 amide bonds. The Hall–Kier alpha value is -0.740. The number of hydrogen-bond acceptors (Lipinski definition) is 3. The molecule has 2 rings (SSSR count). The van der Waals surface area contributed by atoms with Gasteiger partial charge in [0.2, 0.25) is 0 Å². The Kier molecular flexibility index (Phi) is 10.5. The van der Waals surface area contributed by atoms with Crippen molar-refractivity contribution in [2.45, 2.75) is 26.2 Å². The van der Waals surface area contributed by atoms with Gasteiger partial charge in [-0.15, -0.1) is 35.3 Å². The molecule has 4 nitrogen and oxygen atoms in total. The number of hydrogen-bond donors (Lipinski definition) is 2. The number of thiazole rings is 1. The summed E-state index contributed by atoms with van der Waals surface area (Å²) in [4.78, 5) is 9.77. The lowest BCUT2D eigenvalue weighted by molar-refractivity contribution is 0.602. The lowest BCUT2D eigenvalue weighted by Gasteiger charge is -2.11. The van der Waals surface area contributed by atoms with Crippen LogP contribution in [0.2, 0.25) is 0 Å². The molecule has 2 aromatic rings. The zero-order valence-electron chi connectivity index (χ0n) is 14.3. The maximum absolute atomic E-state index is 13.7. The van der Waals surface area contributed by atoms with Gasteiger partial charge in [-0.3, -0.25) is 4.99 Å². The number of aryl methyl sites for hydroxylation is 2. The predicted molar refractivity (Wildman–Crippen MR) is 118 cm³/mol. The number of guanidine groups is 1. The van der Waals surface area contributed by atoms with Crippen LogP contribution in [0.5, 0.6) is 0 Å². The van der Waals surface area contributed by atoms with Gasteiger partial charge in [-0.2, -0.15) is 0 Å². The summed E-state index contributed by atoms with van der Waals surface area (Å²) in [6.45, 7) is 3.59. The molecule has 0 aliphatic carbocycles. The third-order valence-corrected chi connectivity index (χ3v) is 4.92. The van der Waals surface area contributed by atoms with Crippen LogP contribution < -0.4 is 10.6 Å². The third-order valence-electron chi connectivity index (χ3n) is 3.45. The molecular formula is C17H23BrFIN4S. The summed E-state index contributed by atoms with van der Waals surface area (Å²) >= 11 is 4.99. The molecule has 0 bridgehead atoms. The fourth-order valence-corrected chi connectivity index (χ4v) is 3.36. The minimum atomic E-state index is -0.161. The number of aliphatic imine (C=N–C) groups is 1. The van der Waals surface area contributed by atoms with Gasteiger partial charge in [0, 0.05) is 42.1 Å². The molecule has 0 saturated carbocycles. The first-order chi connectivity index (χ1) is 11.6. The summed E-state index contributed by atoms with van der Waals surface area (Å²) in [5, 5.41) is 7.65. The molecule has 0 atom stereocenters. The fourth-order valence-electron chi connectivity index (χ4n) is 2.24. The van der Waals surface area contributed by atoms with Crippen LogP contribution in [0.4, 0.5) is 4.39 Å². The van der Waals surface area contributed by atoms with Gasteiger partial charge < -0.3 is 10.6 Å². The van der Waals surface area contributed by atoms with Gasteiger partial charge >= 0.3 is 0 Å². The highest BCUT2D eigenvalue weighted by Crippen LogP contribution is 2.16. The monoisotopic (exact) mass is 540 g/mol. The lowest BCUT2D eigenvalue weighted by Crippen LogP contribution is -2.38. The van der Waals surface area contributed by atoms with E-state index in [-0.39, 0.29) is 29.8 Å². The zero-order valence-corrected chi connectivity index (χ0v) is 19.0. The molecule has 138 valence electrons. The summed E-state index contributed by atoms with van der Waals surface area (Å²) in [6.07, 6.45) is 4.31. The number of nitrogens with one attached hydrogen (secondary N) is 2. The Balaban J connectivity index is 0.00000312. The first kappa shape index (κ1) is 22.3. The van der Waals surface area contributed by atoms with Crippen LogP contribution in [0.3, 0.4) is 0 Å². The molecular weight excluding hydrogens is 518 g/mol. The molecule has 0 aliphatic heterocycles. The summed E-state index contributed by atoms with van der Waals surface area (Å²) < 4.78 is 14.5. The van der Waals surface area contributed by atoms with Crippen molar-refractivity contribution in [2.75, 3.05) is 20.1 Å². The minimum absolute atomic E-state index is 0. The second kappa shape index (κ2) is 11.8. The van der Waals surface area contributed by atoms with E-state index in [2.05, 4.69) is 43.5 Å². The van der Waals surface area contributed by atoms with Crippen molar-refractivity contribution in [3.8, 4) is 0 Å². The second-order valence-electron chi connectivity index (χ2n) is 5.38. The van der Waals surface area contributed by atoms with Crippen LogP contribution in [-0.2, 0) is 12.8 Å². The SMILES string of the molecule is CN=C(NCCCc1ccc(Br)cc1F)NCCc1ncc(C)s1.I. The highest BCUT2D eigenvalue weighted by Gasteiger charge is 2.04. The van der Waals surface area contributed by atoms with E-state index >= 15 is 0 Å². The van der Waals surface area contributed by atoms with E-state index in [4.69, 9.17) is 0 Å². The molecule has 0 radical (unpaired) electrons. The zero-order chi connectivity index (χ0) is 17.4.